The second-order valence-corrected chi connectivity index (χ2v) is 13.0. The molecule has 3 fully saturated rings. The van der Waals surface area contributed by atoms with E-state index in [2.05, 4.69) is 40.5 Å². The van der Waals surface area contributed by atoms with Crippen LogP contribution >= 0.6 is 0 Å². The summed E-state index contributed by atoms with van der Waals surface area (Å²) in [5, 5.41) is 9.95. The molecule has 0 N–H and O–H groups in total. The molecule has 0 saturated carbocycles. The van der Waals surface area contributed by atoms with E-state index < -0.39 is 23.6 Å². The van der Waals surface area contributed by atoms with E-state index in [0.717, 1.165) is 43.4 Å². The van der Waals surface area contributed by atoms with Crippen molar-refractivity contribution in [2.24, 2.45) is 5.92 Å². The highest BCUT2D eigenvalue weighted by Gasteiger charge is 2.49. The molecule has 7 rings (SSSR count). The Hall–Kier alpha value is -4.17. The molecule has 1 amide bonds. The van der Waals surface area contributed by atoms with Gasteiger partial charge in [0, 0.05) is 44.4 Å². The molecule has 4 aliphatic rings. The van der Waals surface area contributed by atoms with Gasteiger partial charge in [0.25, 0.3) is 0 Å². The number of nitriles is 1. The maximum Gasteiger partial charge on any atom is 0.319 e. The number of fused-ring (bicyclic) bond motifs is 3. The summed E-state index contributed by atoms with van der Waals surface area (Å²) in [6.07, 6.45) is 6.08. The van der Waals surface area contributed by atoms with E-state index in [1.807, 2.05) is 17.0 Å². The fourth-order valence-corrected chi connectivity index (χ4v) is 7.98. The van der Waals surface area contributed by atoms with E-state index in [1.54, 1.807) is 11.1 Å². The summed E-state index contributed by atoms with van der Waals surface area (Å²) in [7, 11) is 0. The number of anilines is 1. The molecular weight excluding hydrogens is 576 g/mol. The van der Waals surface area contributed by atoms with Crippen molar-refractivity contribution in [3.63, 3.8) is 0 Å². The molecule has 0 bridgehead atoms. The number of carbonyl (C=O) groups is 1. The third kappa shape index (κ3) is 5.19. The first-order chi connectivity index (χ1) is 21.8. The molecule has 11 heteroatoms. The summed E-state index contributed by atoms with van der Waals surface area (Å²) in [5.74, 6) is 0.120. The van der Waals surface area contributed by atoms with E-state index in [4.69, 9.17) is 9.72 Å². The molecule has 0 radical (unpaired) electrons. The lowest BCUT2D eigenvalue weighted by Crippen LogP contribution is -2.55. The predicted molar refractivity (Wildman–Crippen MR) is 166 cm³/mol. The van der Waals surface area contributed by atoms with Crippen molar-refractivity contribution in [1.82, 2.24) is 24.8 Å². The van der Waals surface area contributed by atoms with Crippen molar-refractivity contribution in [3.05, 3.63) is 54.0 Å². The van der Waals surface area contributed by atoms with Gasteiger partial charge in [0.2, 0.25) is 5.91 Å². The van der Waals surface area contributed by atoms with Crippen LogP contribution in [0.25, 0.3) is 22.2 Å². The first-order valence-corrected chi connectivity index (χ1v) is 15.8. The SMILES string of the molecule is C=CC(=O)N1CCN(c2nc(OC[C@@]34CCCN3C[C@H](F)C4)nc3c(F)c(-c4cccc5c4C[C@H](C)C5)ncc23)C[C@@H]1CC#N. The number of pyridine rings is 1. The molecule has 1 aromatic carbocycles. The summed E-state index contributed by atoms with van der Waals surface area (Å²) in [5.41, 5.74) is 3.02. The fraction of sp³-hybridized carbons (Fsp3) is 0.500. The van der Waals surface area contributed by atoms with Gasteiger partial charge in [-0.2, -0.15) is 15.2 Å². The minimum atomic E-state index is -0.907. The van der Waals surface area contributed by atoms with E-state index in [9.17, 15) is 14.4 Å². The van der Waals surface area contributed by atoms with Crippen molar-refractivity contribution in [2.75, 3.05) is 44.2 Å². The van der Waals surface area contributed by atoms with E-state index in [0.29, 0.717) is 49.7 Å². The smallest absolute Gasteiger partial charge is 0.319 e. The molecule has 5 heterocycles. The summed E-state index contributed by atoms with van der Waals surface area (Å²) < 4.78 is 37.4. The van der Waals surface area contributed by atoms with Crippen LogP contribution < -0.4 is 9.64 Å². The average molecular weight is 614 g/mol. The van der Waals surface area contributed by atoms with Crippen LogP contribution in [0.4, 0.5) is 14.6 Å². The molecule has 3 aromatic rings. The third-order valence-corrected chi connectivity index (χ3v) is 10.1. The molecule has 2 aromatic heterocycles. The van der Waals surface area contributed by atoms with Crippen molar-refractivity contribution in [3.8, 4) is 23.3 Å². The van der Waals surface area contributed by atoms with Gasteiger partial charge in [-0.3, -0.25) is 14.7 Å². The normalized spacial score (nSPS) is 26.1. The van der Waals surface area contributed by atoms with Crippen LogP contribution in [-0.2, 0) is 17.6 Å². The number of benzene rings is 1. The molecule has 1 aliphatic carbocycles. The Labute approximate surface area is 261 Å². The van der Waals surface area contributed by atoms with Crippen LogP contribution in [0.2, 0.25) is 0 Å². The number of rotatable bonds is 7. The first kappa shape index (κ1) is 29.5. The quantitative estimate of drug-likeness (QED) is 0.356. The van der Waals surface area contributed by atoms with Crippen molar-refractivity contribution < 1.29 is 18.3 Å². The van der Waals surface area contributed by atoms with Gasteiger partial charge in [-0.15, -0.1) is 0 Å². The maximum atomic E-state index is 16.7. The summed E-state index contributed by atoms with van der Waals surface area (Å²) >= 11 is 0. The van der Waals surface area contributed by atoms with Gasteiger partial charge in [0.15, 0.2) is 5.82 Å². The Bertz CT molecular complexity index is 1710. The second-order valence-electron chi connectivity index (χ2n) is 13.0. The van der Waals surface area contributed by atoms with Crippen LogP contribution in [0.5, 0.6) is 6.01 Å². The van der Waals surface area contributed by atoms with E-state index in [-0.39, 0.29) is 36.2 Å². The van der Waals surface area contributed by atoms with Gasteiger partial charge in [-0.25, -0.2) is 8.78 Å². The standard InChI is InChI=1S/C34H37F2N7O2/c1-3-28(44)43-13-12-41(19-24(43)8-10-37)32-27-17-38-30(25-7-4-6-22-14-21(2)15-26(22)25)29(36)31(27)39-33(40-32)45-20-34-9-5-11-42(34)18-23(35)16-34/h3-4,6-7,17,21,23-24H,1,5,8-9,11-16,18-20H2,2H3/t21-,23-,24+,34+/m1/s1. The summed E-state index contributed by atoms with van der Waals surface area (Å²) in [6.45, 7) is 8.29. The van der Waals surface area contributed by atoms with Gasteiger partial charge in [0.05, 0.1) is 29.5 Å². The maximum absolute atomic E-state index is 16.7. The van der Waals surface area contributed by atoms with Gasteiger partial charge < -0.3 is 14.5 Å². The van der Waals surface area contributed by atoms with E-state index >= 15 is 4.39 Å². The Balaban J connectivity index is 1.30. The van der Waals surface area contributed by atoms with Crippen LogP contribution in [0, 0.1) is 23.1 Å². The van der Waals surface area contributed by atoms with Gasteiger partial charge in [-0.1, -0.05) is 31.7 Å². The van der Waals surface area contributed by atoms with Crippen LogP contribution in [0.3, 0.4) is 0 Å². The minimum Gasteiger partial charge on any atom is -0.461 e. The zero-order chi connectivity index (χ0) is 31.3. The molecule has 3 saturated heterocycles. The minimum absolute atomic E-state index is 0.0189. The molecule has 9 nitrogen and oxygen atoms in total. The molecule has 45 heavy (non-hydrogen) atoms. The number of amides is 1. The Morgan fingerprint density at radius 3 is 2.93 bits per heavy atom. The average Bonchev–Trinajstić information content (AvgIpc) is 3.70. The summed E-state index contributed by atoms with van der Waals surface area (Å²) in [6, 6.07) is 7.76. The number of alkyl halides is 1. The Kier molecular flexibility index (Phi) is 7.64. The zero-order valence-electron chi connectivity index (χ0n) is 25.5. The van der Waals surface area contributed by atoms with Crippen molar-refractivity contribution >= 4 is 22.6 Å². The highest BCUT2D eigenvalue weighted by atomic mass is 19.1. The molecule has 234 valence electrons. The van der Waals surface area contributed by atoms with Gasteiger partial charge >= 0.3 is 6.01 Å². The topological polar surface area (TPSA) is 98.5 Å². The highest BCUT2D eigenvalue weighted by molar-refractivity contribution is 5.93. The lowest BCUT2D eigenvalue weighted by Gasteiger charge is -2.41. The number of hydrogen-bond donors (Lipinski definition) is 0. The lowest BCUT2D eigenvalue weighted by molar-refractivity contribution is -0.128. The Morgan fingerprint density at radius 2 is 2.11 bits per heavy atom. The lowest BCUT2D eigenvalue weighted by atomic mass is 9.95. The molecule has 3 aliphatic heterocycles. The van der Waals surface area contributed by atoms with Crippen LogP contribution in [-0.4, -0.2) is 87.7 Å². The predicted octanol–water partition coefficient (Wildman–Crippen LogP) is 4.64. The van der Waals surface area contributed by atoms with Crippen molar-refractivity contribution in [1.29, 1.82) is 5.26 Å². The second kappa shape index (κ2) is 11.6. The number of nitrogens with zero attached hydrogens (tertiary/aromatic N) is 7. The summed E-state index contributed by atoms with van der Waals surface area (Å²) in [4.78, 5) is 32.3. The molecule has 0 spiro atoms. The Morgan fingerprint density at radius 1 is 1.24 bits per heavy atom. The number of halogens is 2. The molecular formula is C34H37F2N7O2. The number of ether oxygens (including phenoxy) is 1. The number of carbonyl (C=O) groups excluding carboxylic acids is 1. The van der Waals surface area contributed by atoms with E-state index in [1.165, 1.54) is 11.6 Å². The van der Waals surface area contributed by atoms with Crippen LogP contribution in [0.15, 0.2) is 37.1 Å². The fourth-order valence-electron chi connectivity index (χ4n) is 7.98. The van der Waals surface area contributed by atoms with Crippen LogP contribution in [0.1, 0.15) is 43.7 Å². The molecule has 0 unspecified atom stereocenters. The monoisotopic (exact) mass is 613 g/mol. The number of hydrogen-bond acceptors (Lipinski definition) is 8. The van der Waals surface area contributed by atoms with Gasteiger partial charge in [0.1, 0.15) is 29.8 Å². The van der Waals surface area contributed by atoms with Crippen molar-refractivity contribution in [2.45, 2.75) is 63.2 Å². The highest BCUT2D eigenvalue weighted by Crippen LogP contribution is 2.41. The first-order valence-electron chi connectivity index (χ1n) is 15.8. The molecule has 4 atom stereocenters. The zero-order valence-corrected chi connectivity index (χ0v) is 25.5. The van der Waals surface area contributed by atoms with Gasteiger partial charge in [-0.05, 0) is 55.3 Å². The largest absolute Gasteiger partial charge is 0.461 e. The third-order valence-electron chi connectivity index (χ3n) is 10.1. The number of piperazine rings is 1. The number of aromatic nitrogens is 3.